The topological polar surface area (TPSA) is 165 Å². The summed E-state index contributed by atoms with van der Waals surface area (Å²) >= 11 is 0. The largest absolute Gasteiger partial charge is 0.726 e. The van der Waals surface area contributed by atoms with Crippen LogP contribution >= 0.6 is 0 Å². The van der Waals surface area contributed by atoms with Crippen molar-refractivity contribution in [3.63, 3.8) is 0 Å². The van der Waals surface area contributed by atoms with Gasteiger partial charge in [-0.1, -0.05) is 0 Å². The monoisotopic (exact) mass is 300 g/mol. The molecule has 1 aliphatic rings. The molecule has 112 valence electrons. The lowest BCUT2D eigenvalue weighted by Crippen LogP contribution is -2.64. The molecule has 1 unspecified atom stereocenters. The van der Waals surface area contributed by atoms with Gasteiger partial charge in [-0.25, -0.2) is 8.42 Å². The van der Waals surface area contributed by atoms with E-state index in [1.54, 1.807) is 0 Å². The lowest BCUT2D eigenvalue weighted by Gasteiger charge is -2.40. The van der Waals surface area contributed by atoms with Crippen molar-refractivity contribution < 1.29 is 42.0 Å². The third kappa shape index (κ3) is 4.65. The molecule has 0 aromatic carbocycles. The Bertz CT molecular complexity index is 424. The Morgan fingerprint density at radius 2 is 1.95 bits per heavy atom. The maximum Gasteiger partial charge on any atom is 0.217 e. The van der Waals surface area contributed by atoms with E-state index in [0.29, 0.717) is 0 Å². The van der Waals surface area contributed by atoms with E-state index < -0.39 is 53.6 Å². The molecule has 10 nitrogen and oxygen atoms in total. The van der Waals surface area contributed by atoms with Gasteiger partial charge in [-0.15, -0.1) is 0 Å². The van der Waals surface area contributed by atoms with Gasteiger partial charge in [0.15, 0.2) is 6.29 Å². The van der Waals surface area contributed by atoms with E-state index in [9.17, 15) is 33.1 Å². The highest BCUT2D eigenvalue weighted by Gasteiger charge is 2.44. The second-order valence-electron chi connectivity index (χ2n) is 3.97. The van der Waals surface area contributed by atoms with Crippen LogP contribution in [0.1, 0.15) is 6.92 Å². The van der Waals surface area contributed by atoms with Crippen LogP contribution < -0.4 is 5.32 Å². The number of carbonyl (C=O) groups excluding carboxylic acids is 1. The fraction of sp³-hybridized carbons (Fsp3) is 0.875. The first-order chi connectivity index (χ1) is 8.61. The fourth-order valence-corrected chi connectivity index (χ4v) is 1.93. The van der Waals surface area contributed by atoms with E-state index >= 15 is 0 Å². The zero-order valence-electron chi connectivity index (χ0n) is 9.79. The summed E-state index contributed by atoms with van der Waals surface area (Å²) in [4.78, 5) is 10.8. The van der Waals surface area contributed by atoms with E-state index in [1.165, 1.54) is 0 Å². The van der Waals surface area contributed by atoms with E-state index in [2.05, 4.69) is 9.50 Å². The molecule has 5 atom stereocenters. The zero-order valence-corrected chi connectivity index (χ0v) is 10.6. The van der Waals surface area contributed by atoms with E-state index in [1.807, 2.05) is 0 Å². The first kappa shape index (κ1) is 16.2. The Labute approximate surface area is 108 Å². The van der Waals surface area contributed by atoms with Gasteiger partial charge in [-0.05, 0) is 0 Å². The molecule has 0 aromatic rings. The standard InChI is InChI=1S/C8H15NO9S/c1-3(10)9-5-7(12)6(11)4(18-8(5)13)2-17-19(14,15)16/h4-8,11-13H,2H2,1H3,(H,9,10)(H,14,15,16)/p-1/t4-,5-,6+,7-,8?/m1/s1. The van der Waals surface area contributed by atoms with Crippen LogP contribution in [0.25, 0.3) is 0 Å². The molecule has 0 spiro atoms. The highest BCUT2D eigenvalue weighted by Crippen LogP contribution is 2.20. The van der Waals surface area contributed by atoms with Crippen molar-refractivity contribution in [3.8, 4) is 0 Å². The van der Waals surface area contributed by atoms with Crippen LogP contribution in [-0.2, 0) is 24.1 Å². The zero-order chi connectivity index (χ0) is 14.8. The van der Waals surface area contributed by atoms with E-state index in [0.717, 1.165) is 6.92 Å². The molecule has 0 aromatic heterocycles. The molecule has 1 rings (SSSR count). The molecule has 4 N–H and O–H groups in total. The van der Waals surface area contributed by atoms with Gasteiger partial charge in [0.2, 0.25) is 16.3 Å². The van der Waals surface area contributed by atoms with E-state index in [-0.39, 0.29) is 0 Å². The molecular weight excluding hydrogens is 286 g/mol. The van der Waals surface area contributed by atoms with Crippen LogP contribution in [0.2, 0.25) is 0 Å². The Balaban J connectivity index is 2.69. The van der Waals surface area contributed by atoms with Gasteiger partial charge in [0.05, 0.1) is 6.61 Å². The van der Waals surface area contributed by atoms with E-state index in [4.69, 9.17) is 4.74 Å². The van der Waals surface area contributed by atoms with Gasteiger partial charge >= 0.3 is 0 Å². The fourth-order valence-electron chi connectivity index (χ4n) is 1.62. The second kappa shape index (κ2) is 6.09. The molecule has 1 amide bonds. The predicted molar refractivity (Wildman–Crippen MR) is 56.1 cm³/mol. The quantitative estimate of drug-likeness (QED) is 0.303. The minimum atomic E-state index is -4.99. The van der Waals surface area contributed by atoms with Gasteiger partial charge in [0, 0.05) is 6.92 Å². The minimum Gasteiger partial charge on any atom is -0.726 e. The molecule has 0 radical (unpaired) electrons. The first-order valence-electron chi connectivity index (χ1n) is 5.19. The highest BCUT2D eigenvalue weighted by atomic mass is 32.3. The number of hydrogen-bond acceptors (Lipinski definition) is 9. The molecule has 1 saturated heterocycles. The normalized spacial score (nSPS) is 35.9. The number of aliphatic hydroxyl groups is 3. The van der Waals surface area contributed by atoms with Gasteiger partial charge in [0.25, 0.3) is 0 Å². The van der Waals surface area contributed by atoms with Crippen LogP contribution in [0.4, 0.5) is 0 Å². The van der Waals surface area contributed by atoms with Gasteiger partial charge in [-0.3, -0.25) is 8.98 Å². The third-order valence-corrected chi connectivity index (χ3v) is 2.89. The lowest BCUT2D eigenvalue weighted by molar-refractivity contribution is -0.252. The summed E-state index contributed by atoms with van der Waals surface area (Å²) in [7, 11) is -4.99. The number of carbonyl (C=O) groups is 1. The minimum absolute atomic E-state index is 0.573. The van der Waals surface area contributed by atoms with Crippen molar-refractivity contribution in [2.24, 2.45) is 0 Å². The summed E-state index contributed by atoms with van der Waals surface area (Å²) in [5.41, 5.74) is 0. The number of rotatable bonds is 4. The maximum atomic E-state index is 10.8. The third-order valence-electron chi connectivity index (χ3n) is 2.47. The van der Waals surface area contributed by atoms with Crippen molar-refractivity contribution in [1.82, 2.24) is 5.32 Å². The Kier molecular flexibility index (Phi) is 5.20. The summed E-state index contributed by atoms with van der Waals surface area (Å²) in [6.45, 7) is 0.263. The lowest BCUT2D eigenvalue weighted by atomic mass is 9.97. The van der Waals surface area contributed by atoms with Crippen molar-refractivity contribution in [2.75, 3.05) is 6.61 Å². The van der Waals surface area contributed by atoms with Crippen molar-refractivity contribution >= 4 is 16.3 Å². The summed E-state index contributed by atoms with van der Waals surface area (Å²) in [6, 6.07) is -1.28. The number of nitrogens with one attached hydrogen (secondary N) is 1. The van der Waals surface area contributed by atoms with Crippen LogP contribution in [0, 0.1) is 0 Å². The summed E-state index contributed by atoms with van der Waals surface area (Å²) in [5, 5.41) is 31.0. The number of aliphatic hydroxyl groups excluding tert-OH is 3. The average molecular weight is 300 g/mol. The molecular formula is C8H14NO9S-. The number of ether oxygens (including phenoxy) is 1. The van der Waals surface area contributed by atoms with Gasteiger partial charge in [0.1, 0.15) is 24.4 Å². The average Bonchev–Trinajstić information content (AvgIpc) is 2.26. The SMILES string of the molecule is CC(=O)N[C@H]1C(O)O[C@H](COS(=O)(=O)[O-])[C@H](O)[C@@H]1O. The second-order valence-corrected chi connectivity index (χ2v) is 5.02. The van der Waals surface area contributed by atoms with Crippen molar-refractivity contribution in [3.05, 3.63) is 0 Å². The molecule has 19 heavy (non-hydrogen) atoms. The summed E-state index contributed by atoms with van der Waals surface area (Å²) < 4.78 is 39.4. The summed E-state index contributed by atoms with van der Waals surface area (Å²) in [6.07, 6.45) is -6.39. The smallest absolute Gasteiger partial charge is 0.217 e. The van der Waals surface area contributed by atoms with Crippen LogP contribution in [0.15, 0.2) is 0 Å². The predicted octanol–water partition coefficient (Wildman–Crippen LogP) is -3.59. The van der Waals surface area contributed by atoms with Gasteiger partial charge < -0.3 is 29.9 Å². The van der Waals surface area contributed by atoms with Crippen LogP contribution in [0.5, 0.6) is 0 Å². The maximum absolute atomic E-state index is 10.8. The van der Waals surface area contributed by atoms with Crippen molar-refractivity contribution in [1.29, 1.82) is 0 Å². The number of amides is 1. The summed E-state index contributed by atoms with van der Waals surface area (Å²) in [5.74, 6) is -0.573. The molecule has 0 saturated carbocycles. The molecule has 0 aliphatic carbocycles. The van der Waals surface area contributed by atoms with Crippen molar-refractivity contribution in [2.45, 2.75) is 37.6 Å². The molecule has 1 aliphatic heterocycles. The Morgan fingerprint density at radius 1 is 1.37 bits per heavy atom. The molecule has 11 heteroatoms. The Hall–Kier alpha value is -0.820. The van der Waals surface area contributed by atoms with Gasteiger partial charge in [-0.2, -0.15) is 0 Å². The molecule has 1 heterocycles. The first-order valence-corrected chi connectivity index (χ1v) is 6.52. The highest BCUT2D eigenvalue weighted by molar-refractivity contribution is 7.80. The van der Waals surface area contributed by atoms with Crippen LogP contribution in [-0.4, -0.2) is 71.4 Å². The Morgan fingerprint density at radius 3 is 2.42 bits per heavy atom. The number of hydrogen-bond donors (Lipinski definition) is 4. The molecule has 0 bridgehead atoms. The molecule has 1 fully saturated rings. The van der Waals surface area contributed by atoms with Crippen LogP contribution in [0.3, 0.4) is 0 Å².